The smallest absolute Gasteiger partial charge is 0.233 e. The quantitative estimate of drug-likeness (QED) is 0.582. The maximum atomic E-state index is 12.6. The number of aromatic nitrogens is 6. The molecule has 1 amide bonds. The van der Waals surface area contributed by atoms with Gasteiger partial charge >= 0.3 is 0 Å². The summed E-state index contributed by atoms with van der Waals surface area (Å²) in [6, 6.07) is 8.18. The number of carbonyl (C=O) groups is 1. The van der Waals surface area contributed by atoms with Crippen LogP contribution in [0.15, 0.2) is 48.4 Å². The Morgan fingerprint density at radius 1 is 1.19 bits per heavy atom. The Labute approximate surface area is 162 Å². The van der Waals surface area contributed by atoms with E-state index in [0.717, 1.165) is 16.4 Å². The highest BCUT2D eigenvalue weighted by Crippen LogP contribution is 2.23. The Hall–Kier alpha value is -2.68. The molecule has 27 heavy (non-hydrogen) atoms. The van der Waals surface area contributed by atoms with E-state index in [0.29, 0.717) is 5.75 Å². The van der Waals surface area contributed by atoms with Crippen molar-refractivity contribution in [2.75, 3.05) is 12.8 Å². The maximum absolute atomic E-state index is 12.6. The monoisotopic (exact) mass is 385 g/mol. The Morgan fingerprint density at radius 3 is 2.56 bits per heavy atom. The van der Waals surface area contributed by atoms with Crippen LogP contribution in [0.5, 0.6) is 0 Å². The van der Waals surface area contributed by atoms with Crippen LogP contribution in [-0.4, -0.2) is 53.1 Å². The standard InChI is InChI=1S/C18H23N7OS/c1-13(2)24-12-20-22-18(24)27-9-17(26)23(4)14(3)15-5-7-16(8-6-15)25-11-19-10-21-25/h5-8,10-14H,9H2,1-4H3. The predicted molar refractivity (Wildman–Crippen MR) is 104 cm³/mol. The van der Waals surface area contributed by atoms with Gasteiger partial charge in [-0.3, -0.25) is 4.79 Å². The molecule has 0 radical (unpaired) electrons. The normalized spacial score (nSPS) is 12.3. The Balaban J connectivity index is 1.61. The first-order valence-corrected chi connectivity index (χ1v) is 9.69. The van der Waals surface area contributed by atoms with E-state index < -0.39 is 0 Å². The number of rotatable bonds is 7. The van der Waals surface area contributed by atoms with Gasteiger partial charge in [0.1, 0.15) is 19.0 Å². The van der Waals surface area contributed by atoms with Crippen LogP contribution in [-0.2, 0) is 4.79 Å². The van der Waals surface area contributed by atoms with Gasteiger partial charge in [-0.2, -0.15) is 5.10 Å². The van der Waals surface area contributed by atoms with Gasteiger partial charge in [-0.1, -0.05) is 23.9 Å². The van der Waals surface area contributed by atoms with Gasteiger partial charge in [0.15, 0.2) is 5.16 Å². The van der Waals surface area contributed by atoms with Gasteiger partial charge in [0.25, 0.3) is 0 Å². The molecule has 0 saturated heterocycles. The van der Waals surface area contributed by atoms with E-state index in [1.165, 1.54) is 18.1 Å². The third-order valence-electron chi connectivity index (χ3n) is 4.45. The summed E-state index contributed by atoms with van der Waals surface area (Å²) in [5, 5.41) is 12.9. The first-order chi connectivity index (χ1) is 13.0. The highest BCUT2D eigenvalue weighted by atomic mass is 32.2. The highest BCUT2D eigenvalue weighted by Gasteiger charge is 2.19. The molecule has 9 heteroatoms. The van der Waals surface area contributed by atoms with Gasteiger partial charge in [0, 0.05) is 13.1 Å². The van der Waals surface area contributed by atoms with Gasteiger partial charge in [-0.05, 0) is 38.5 Å². The summed E-state index contributed by atoms with van der Waals surface area (Å²) in [5.41, 5.74) is 1.99. The van der Waals surface area contributed by atoms with E-state index in [1.807, 2.05) is 42.8 Å². The summed E-state index contributed by atoms with van der Waals surface area (Å²) in [5.74, 6) is 0.370. The average Bonchev–Trinajstić information content (AvgIpc) is 3.36. The molecular weight excluding hydrogens is 362 g/mol. The van der Waals surface area contributed by atoms with Gasteiger partial charge in [0.2, 0.25) is 5.91 Å². The molecule has 0 saturated carbocycles. The summed E-state index contributed by atoms with van der Waals surface area (Å²) in [4.78, 5) is 18.3. The molecule has 1 atom stereocenters. The molecule has 1 unspecified atom stereocenters. The lowest BCUT2D eigenvalue weighted by atomic mass is 10.1. The lowest BCUT2D eigenvalue weighted by Gasteiger charge is -2.25. The summed E-state index contributed by atoms with van der Waals surface area (Å²) in [6.45, 7) is 6.14. The van der Waals surface area contributed by atoms with Crippen LogP contribution in [0.4, 0.5) is 0 Å². The van der Waals surface area contributed by atoms with Crippen LogP contribution in [0.3, 0.4) is 0 Å². The van der Waals surface area contributed by atoms with Crippen LogP contribution in [0.25, 0.3) is 5.69 Å². The third-order valence-corrected chi connectivity index (χ3v) is 5.40. The van der Waals surface area contributed by atoms with Gasteiger partial charge < -0.3 is 9.47 Å². The number of carbonyl (C=O) groups excluding carboxylic acids is 1. The molecule has 3 aromatic rings. The Kier molecular flexibility index (Phi) is 5.90. The minimum atomic E-state index is -0.0362. The molecule has 2 heterocycles. The Morgan fingerprint density at radius 2 is 1.93 bits per heavy atom. The number of hydrogen-bond donors (Lipinski definition) is 0. The number of benzene rings is 1. The van der Waals surface area contributed by atoms with E-state index in [-0.39, 0.29) is 18.0 Å². The lowest BCUT2D eigenvalue weighted by molar-refractivity contribution is -0.128. The van der Waals surface area contributed by atoms with E-state index in [1.54, 1.807) is 22.2 Å². The molecule has 0 N–H and O–H groups in total. The Bertz CT molecular complexity index is 874. The minimum absolute atomic E-state index is 0.0362. The zero-order valence-electron chi connectivity index (χ0n) is 15.9. The second-order valence-corrected chi connectivity index (χ2v) is 7.46. The molecule has 2 aromatic heterocycles. The van der Waals surface area contributed by atoms with Crippen molar-refractivity contribution >= 4 is 17.7 Å². The molecule has 0 fully saturated rings. The minimum Gasteiger partial charge on any atom is -0.338 e. The van der Waals surface area contributed by atoms with Crippen molar-refractivity contribution in [1.82, 2.24) is 34.4 Å². The summed E-state index contributed by atoms with van der Waals surface area (Å²) < 4.78 is 3.66. The number of amides is 1. The zero-order chi connectivity index (χ0) is 19.4. The van der Waals surface area contributed by atoms with Crippen molar-refractivity contribution in [3.8, 4) is 5.69 Å². The molecule has 142 valence electrons. The molecule has 1 aromatic carbocycles. The third kappa shape index (κ3) is 4.36. The molecule has 0 spiro atoms. The highest BCUT2D eigenvalue weighted by molar-refractivity contribution is 7.99. The maximum Gasteiger partial charge on any atom is 0.233 e. The number of thioether (sulfide) groups is 1. The molecular formula is C18H23N7OS. The first kappa shape index (κ1) is 19.1. The van der Waals surface area contributed by atoms with Gasteiger partial charge in [0.05, 0.1) is 17.5 Å². The molecule has 0 aliphatic carbocycles. The summed E-state index contributed by atoms with van der Waals surface area (Å²) in [7, 11) is 1.83. The zero-order valence-corrected chi connectivity index (χ0v) is 16.7. The fourth-order valence-corrected chi connectivity index (χ4v) is 3.57. The molecule has 0 bridgehead atoms. The van der Waals surface area contributed by atoms with Crippen LogP contribution in [0.2, 0.25) is 0 Å². The van der Waals surface area contributed by atoms with E-state index >= 15 is 0 Å². The summed E-state index contributed by atoms with van der Waals surface area (Å²) in [6.07, 6.45) is 4.85. The van der Waals surface area contributed by atoms with E-state index in [9.17, 15) is 4.79 Å². The van der Waals surface area contributed by atoms with E-state index in [2.05, 4.69) is 34.1 Å². The first-order valence-electron chi connectivity index (χ1n) is 8.70. The number of hydrogen-bond acceptors (Lipinski definition) is 6. The van der Waals surface area contributed by atoms with Gasteiger partial charge in [-0.15, -0.1) is 10.2 Å². The van der Waals surface area contributed by atoms with Gasteiger partial charge in [-0.25, -0.2) is 9.67 Å². The largest absolute Gasteiger partial charge is 0.338 e. The van der Waals surface area contributed by atoms with Crippen LogP contribution in [0.1, 0.15) is 38.4 Å². The average molecular weight is 385 g/mol. The fraction of sp³-hybridized carbons (Fsp3) is 0.389. The van der Waals surface area contributed by atoms with Crippen LogP contribution in [0, 0.1) is 0 Å². The van der Waals surface area contributed by atoms with Crippen molar-refractivity contribution < 1.29 is 4.79 Å². The fourth-order valence-electron chi connectivity index (χ4n) is 2.60. The second kappa shape index (κ2) is 8.34. The SMILES string of the molecule is CC(c1ccc(-n2cncn2)cc1)N(C)C(=O)CSc1nncn1C(C)C. The second-order valence-electron chi connectivity index (χ2n) is 6.52. The summed E-state index contributed by atoms with van der Waals surface area (Å²) >= 11 is 1.41. The molecule has 0 aliphatic heterocycles. The van der Waals surface area contributed by atoms with E-state index in [4.69, 9.17) is 0 Å². The van der Waals surface area contributed by atoms with Crippen molar-refractivity contribution in [3.05, 3.63) is 48.8 Å². The topological polar surface area (TPSA) is 81.7 Å². The molecule has 3 rings (SSSR count). The van der Waals surface area contributed by atoms with Crippen molar-refractivity contribution in [1.29, 1.82) is 0 Å². The van der Waals surface area contributed by atoms with Crippen molar-refractivity contribution in [2.45, 2.75) is 38.0 Å². The van der Waals surface area contributed by atoms with Crippen LogP contribution >= 0.6 is 11.8 Å². The lowest BCUT2D eigenvalue weighted by Crippen LogP contribution is -2.31. The number of nitrogens with zero attached hydrogens (tertiary/aromatic N) is 7. The molecule has 0 aliphatic rings. The van der Waals surface area contributed by atoms with Crippen molar-refractivity contribution in [2.24, 2.45) is 0 Å². The predicted octanol–water partition coefficient (Wildman–Crippen LogP) is 2.75. The van der Waals surface area contributed by atoms with Crippen LogP contribution < -0.4 is 0 Å². The van der Waals surface area contributed by atoms with Crippen molar-refractivity contribution in [3.63, 3.8) is 0 Å². The molecule has 8 nitrogen and oxygen atoms in total.